The Balaban J connectivity index is 0.00000450. The van der Waals surface area contributed by atoms with Gasteiger partial charge >= 0.3 is 6.09 Å². The topological polar surface area (TPSA) is 101 Å². The smallest absolute Gasteiger partial charge is 0.407 e. The van der Waals surface area contributed by atoms with E-state index in [-0.39, 0.29) is 36.7 Å². The molecule has 0 aliphatic rings. The number of ether oxygens (including phenoxy) is 1. The molecule has 0 radical (unpaired) electrons. The van der Waals surface area contributed by atoms with Gasteiger partial charge < -0.3 is 20.5 Å². The Morgan fingerprint density at radius 1 is 1.13 bits per heavy atom. The summed E-state index contributed by atoms with van der Waals surface area (Å²) in [5.41, 5.74) is 2.00. The van der Waals surface area contributed by atoms with Crippen molar-refractivity contribution in [3.8, 4) is 5.75 Å². The van der Waals surface area contributed by atoms with Crippen molar-refractivity contribution >= 4 is 24.4 Å². The molecule has 0 fully saturated rings. The summed E-state index contributed by atoms with van der Waals surface area (Å²) in [5.74, 6) is 0.283. The number of benzene rings is 1. The Labute approximate surface area is 183 Å². The van der Waals surface area contributed by atoms with Gasteiger partial charge in [-0.3, -0.25) is 9.78 Å². The number of carbonyl (C=O) groups is 2. The fraction of sp³-hybridized carbons (Fsp3) is 0.409. The van der Waals surface area contributed by atoms with Gasteiger partial charge in [-0.15, -0.1) is 12.4 Å². The lowest BCUT2D eigenvalue weighted by Crippen LogP contribution is -2.35. The first-order valence-corrected chi connectivity index (χ1v) is 9.77. The lowest BCUT2D eigenvalue weighted by Gasteiger charge is -2.17. The number of phenolic OH excluding ortho intramolecular Hbond substituents is 1. The minimum atomic E-state index is -0.531. The Hall–Kier alpha value is -2.80. The lowest BCUT2D eigenvalue weighted by atomic mass is 9.99. The molecule has 3 N–H and O–H groups in total. The molecule has 2 aromatic rings. The number of rotatable bonds is 9. The van der Waals surface area contributed by atoms with Crippen molar-refractivity contribution < 1.29 is 19.4 Å². The molecule has 0 bridgehead atoms. The van der Waals surface area contributed by atoms with E-state index in [1.54, 1.807) is 30.6 Å². The predicted molar refractivity (Wildman–Crippen MR) is 118 cm³/mol. The molecule has 2 amide bonds. The van der Waals surface area contributed by atoms with Gasteiger partial charge in [0.15, 0.2) is 0 Å². The summed E-state index contributed by atoms with van der Waals surface area (Å²) in [4.78, 5) is 28.5. The second-order valence-electron chi connectivity index (χ2n) is 7.46. The van der Waals surface area contributed by atoms with E-state index < -0.39 is 6.09 Å². The molecule has 8 heteroatoms. The number of phenols is 1. The van der Waals surface area contributed by atoms with Gasteiger partial charge in [0.2, 0.25) is 0 Å². The monoisotopic (exact) mass is 435 g/mol. The van der Waals surface area contributed by atoms with E-state index in [2.05, 4.69) is 29.5 Å². The number of aromatic hydroxyl groups is 1. The van der Waals surface area contributed by atoms with E-state index in [1.807, 2.05) is 6.92 Å². The van der Waals surface area contributed by atoms with Crippen LogP contribution in [0.25, 0.3) is 0 Å². The number of pyridine rings is 1. The van der Waals surface area contributed by atoms with E-state index in [1.165, 1.54) is 12.1 Å². The van der Waals surface area contributed by atoms with Crippen LogP contribution in [0.15, 0.2) is 42.7 Å². The third-order valence-electron chi connectivity index (χ3n) is 4.35. The first kappa shape index (κ1) is 25.2. The Morgan fingerprint density at radius 2 is 1.83 bits per heavy atom. The Morgan fingerprint density at radius 3 is 2.50 bits per heavy atom. The van der Waals surface area contributed by atoms with Gasteiger partial charge in [0.25, 0.3) is 5.91 Å². The van der Waals surface area contributed by atoms with E-state index >= 15 is 0 Å². The SMILES string of the molecule is CC(C)CCNC(=O)c1cc(O)ccc1C[C@H](C)NC(=O)OCc1ccncc1.Cl. The Kier molecular flexibility index (Phi) is 10.7. The van der Waals surface area contributed by atoms with Crippen LogP contribution in [0.3, 0.4) is 0 Å². The van der Waals surface area contributed by atoms with Gasteiger partial charge in [-0.05, 0) is 61.1 Å². The predicted octanol–water partition coefficient (Wildman–Crippen LogP) is 3.84. The van der Waals surface area contributed by atoms with E-state index in [0.717, 1.165) is 17.5 Å². The van der Waals surface area contributed by atoms with Crippen LogP contribution in [-0.4, -0.2) is 34.7 Å². The molecule has 30 heavy (non-hydrogen) atoms. The normalized spacial score (nSPS) is 11.3. The molecule has 0 aliphatic heterocycles. The number of amides is 2. The van der Waals surface area contributed by atoms with Crippen LogP contribution < -0.4 is 10.6 Å². The van der Waals surface area contributed by atoms with Crippen molar-refractivity contribution in [2.45, 2.75) is 46.3 Å². The molecule has 0 unspecified atom stereocenters. The van der Waals surface area contributed by atoms with Gasteiger partial charge in [0.1, 0.15) is 12.4 Å². The third kappa shape index (κ3) is 8.69. The number of halogens is 1. The fourth-order valence-corrected chi connectivity index (χ4v) is 2.78. The number of hydrogen-bond donors (Lipinski definition) is 3. The van der Waals surface area contributed by atoms with Crippen molar-refractivity contribution in [1.29, 1.82) is 0 Å². The molecule has 0 saturated carbocycles. The summed E-state index contributed by atoms with van der Waals surface area (Å²) in [5, 5.41) is 15.4. The highest BCUT2D eigenvalue weighted by molar-refractivity contribution is 5.96. The van der Waals surface area contributed by atoms with Crippen molar-refractivity contribution in [1.82, 2.24) is 15.6 Å². The minimum Gasteiger partial charge on any atom is -0.508 e. The molecule has 0 spiro atoms. The average molecular weight is 436 g/mol. The van der Waals surface area contributed by atoms with Gasteiger partial charge in [0.05, 0.1) is 0 Å². The number of carbonyl (C=O) groups excluding carboxylic acids is 2. The van der Waals surface area contributed by atoms with E-state index in [9.17, 15) is 14.7 Å². The summed E-state index contributed by atoms with van der Waals surface area (Å²) in [6, 6.07) is 7.98. The molecule has 1 aromatic heterocycles. The molecule has 7 nitrogen and oxygen atoms in total. The summed E-state index contributed by atoms with van der Waals surface area (Å²) in [7, 11) is 0. The summed E-state index contributed by atoms with van der Waals surface area (Å²) >= 11 is 0. The molecule has 164 valence electrons. The van der Waals surface area contributed by atoms with Gasteiger partial charge in [-0.25, -0.2) is 4.79 Å². The summed E-state index contributed by atoms with van der Waals surface area (Å²) in [6.45, 7) is 6.74. The number of aromatic nitrogens is 1. The molecule has 0 saturated heterocycles. The lowest BCUT2D eigenvalue weighted by molar-refractivity contribution is 0.0950. The molecule has 1 atom stereocenters. The summed E-state index contributed by atoms with van der Waals surface area (Å²) < 4.78 is 5.21. The van der Waals surface area contributed by atoms with Crippen LogP contribution in [0.5, 0.6) is 5.75 Å². The maximum Gasteiger partial charge on any atom is 0.407 e. The number of hydrogen-bond acceptors (Lipinski definition) is 5. The highest BCUT2D eigenvalue weighted by atomic mass is 35.5. The van der Waals surface area contributed by atoms with E-state index in [4.69, 9.17) is 4.74 Å². The second-order valence-corrected chi connectivity index (χ2v) is 7.46. The zero-order chi connectivity index (χ0) is 21.2. The third-order valence-corrected chi connectivity index (χ3v) is 4.35. The Bertz CT molecular complexity index is 815. The first-order chi connectivity index (χ1) is 13.8. The standard InChI is InChI=1S/C22H29N3O4.ClH/c1-15(2)6-11-24-21(27)20-13-19(26)5-4-18(20)12-16(3)25-22(28)29-14-17-7-9-23-10-8-17;/h4-5,7-10,13,15-16,26H,6,11-12,14H2,1-3H3,(H,24,27)(H,25,28);1H/t16-;/m0./s1. The maximum absolute atomic E-state index is 12.5. The van der Waals surface area contributed by atoms with Crippen LogP contribution in [0.4, 0.5) is 4.79 Å². The van der Waals surface area contributed by atoms with Crippen molar-refractivity contribution in [3.63, 3.8) is 0 Å². The number of nitrogens with one attached hydrogen (secondary N) is 2. The largest absolute Gasteiger partial charge is 0.508 e. The quantitative estimate of drug-likeness (QED) is 0.555. The number of nitrogens with zero attached hydrogens (tertiary/aromatic N) is 1. The highest BCUT2D eigenvalue weighted by Gasteiger charge is 2.16. The highest BCUT2D eigenvalue weighted by Crippen LogP contribution is 2.18. The van der Waals surface area contributed by atoms with Crippen LogP contribution in [0, 0.1) is 5.92 Å². The minimum absolute atomic E-state index is 0. The zero-order valence-electron chi connectivity index (χ0n) is 17.6. The molecular weight excluding hydrogens is 406 g/mol. The molecular formula is C22H30ClN3O4. The maximum atomic E-state index is 12.5. The fourth-order valence-electron chi connectivity index (χ4n) is 2.78. The van der Waals surface area contributed by atoms with Crippen LogP contribution in [0.2, 0.25) is 0 Å². The van der Waals surface area contributed by atoms with Crippen molar-refractivity contribution in [2.24, 2.45) is 5.92 Å². The summed E-state index contributed by atoms with van der Waals surface area (Å²) in [6.07, 6.45) is 4.05. The van der Waals surface area contributed by atoms with Crippen molar-refractivity contribution in [3.05, 3.63) is 59.4 Å². The zero-order valence-corrected chi connectivity index (χ0v) is 18.4. The molecule has 0 aliphatic carbocycles. The van der Waals surface area contributed by atoms with Gasteiger partial charge in [-0.1, -0.05) is 19.9 Å². The molecule has 2 rings (SSSR count). The number of alkyl carbamates (subject to hydrolysis) is 1. The van der Waals surface area contributed by atoms with Gasteiger partial charge in [-0.2, -0.15) is 0 Å². The van der Waals surface area contributed by atoms with Crippen LogP contribution in [-0.2, 0) is 17.8 Å². The van der Waals surface area contributed by atoms with Crippen LogP contribution in [0.1, 0.15) is 48.7 Å². The van der Waals surface area contributed by atoms with Crippen LogP contribution >= 0.6 is 12.4 Å². The van der Waals surface area contributed by atoms with Gasteiger partial charge in [0, 0.05) is 30.5 Å². The van der Waals surface area contributed by atoms with Crippen molar-refractivity contribution in [2.75, 3.05) is 6.54 Å². The molecule has 1 heterocycles. The average Bonchev–Trinajstić information content (AvgIpc) is 2.68. The van der Waals surface area contributed by atoms with E-state index in [0.29, 0.717) is 24.4 Å². The first-order valence-electron chi connectivity index (χ1n) is 9.77. The second kappa shape index (κ2) is 12.7. The molecule has 1 aromatic carbocycles.